The van der Waals surface area contributed by atoms with Crippen LogP contribution in [0.1, 0.15) is 172 Å². The summed E-state index contributed by atoms with van der Waals surface area (Å²) in [7, 11) is 8.09. The van der Waals surface area contributed by atoms with Gasteiger partial charge in [-0.25, -0.2) is 8.78 Å². The number of halogens is 2. The molecule has 7 aromatic carbocycles. The molecule has 0 N–H and O–H groups in total. The highest BCUT2D eigenvalue weighted by Crippen LogP contribution is 2.34. The van der Waals surface area contributed by atoms with E-state index in [0.717, 1.165) is 136 Å². The van der Waals surface area contributed by atoms with Crippen molar-refractivity contribution in [1.29, 1.82) is 0 Å². The molecule has 0 saturated heterocycles. The van der Waals surface area contributed by atoms with Crippen LogP contribution in [0.4, 0.5) is 8.78 Å². The fourth-order valence-electron chi connectivity index (χ4n) is 14.7. The highest BCUT2D eigenvalue weighted by Gasteiger charge is 2.33. The number of rotatable bonds is 16. The standard InChI is InChI=1S/2C25H22FNO3.C23H27NO3.C22H23NO3.C21H21NO3S/c1-17-15-20(16-23(30-3)18(17)2)9-13-24(28)27-14-4-5-21(25(27)29)10-6-19-7-11-22(26)12-8-19;1-17-15-19(16-23(30-3)18(17)2)10-13-24(28)27-14-6-8-21(25(27)29)12-11-20-7-4-5-9-22(20)26;1-16-14-18(15-20(27-6)17(16)2)9-10-21(25)24-13-7-8-19(22(24)26)11-12-23(3,4)5;1-15-13-18(14-20(26-3)16(15)2)9-11-21(24)23-12-4-5-19(22(23)25)10-8-17-6-7-17;1-14-11-16(12-19(25-3)15(14)2)7-8-21(24)22-18(5-4-6-20(22)23)17-9-10-26-13-17/h5,7-9,11-13,15-16H,4,14H2,1-3H3;4-5,7-10,13,15-16H,6,14H2,1-3H3;8-10,14-15H,7,13H2,1-6H3;5,9,11,13-14,17H,4,6-7,12H2,1-3H3;4,6-13,18H,5H2,1-3H3/b13-9+;13-10+;10-9+;11-9+;8-7+. The van der Waals surface area contributed by atoms with Crippen LogP contribution in [0.5, 0.6) is 28.7 Å². The highest BCUT2D eigenvalue weighted by molar-refractivity contribution is 7.08. The van der Waals surface area contributed by atoms with E-state index in [0.29, 0.717) is 74.4 Å². The van der Waals surface area contributed by atoms with E-state index < -0.39 is 29.4 Å². The Morgan fingerprint density at radius 2 is 0.748 bits per heavy atom. The fraction of sp³-hybridized carbons (Fsp3) is 0.276. The molecule has 20 nitrogen and oxygen atoms in total. The Morgan fingerprint density at radius 1 is 0.410 bits per heavy atom. The first-order chi connectivity index (χ1) is 66.4. The van der Waals surface area contributed by atoms with Crippen LogP contribution in [0, 0.1) is 140 Å². The first-order valence-corrected chi connectivity index (χ1v) is 46.4. The number of amides is 10. The Labute approximate surface area is 817 Å². The molecule has 1 saturated carbocycles. The van der Waals surface area contributed by atoms with E-state index in [1.54, 1.807) is 120 Å². The van der Waals surface area contributed by atoms with Crippen LogP contribution in [0.15, 0.2) is 215 Å². The topological polar surface area (TPSA) is 233 Å². The van der Waals surface area contributed by atoms with Gasteiger partial charge in [-0.15, -0.1) is 0 Å². The largest absolute Gasteiger partial charge is 0.496 e. The van der Waals surface area contributed by atoms with Gasteiger partial charge in [0, 0.05) is 73.5 Å². The first-order valence-electron chi connectivity index (χ1n) is 45.5. The second-order valence-electron chi connectivity index (χ2n) is 34.6. The molecule has 0 radical (unpaired) electrons. The number of carbonyl (C=O) groups is 10. The van der Waals surface area contributed by atoms with E-state index in [-0.39, 0.29) is 76.0 Å². The van der Waals surface area contributed by atoms with Crippen LogP contribution in [0.25, 0.3) is 30.4 Å². The Hall–Kier alpha value is -15.6. The molecule has 14 rings (SSSR count). The van der Waals surface area contributed by atoms with Gasteiger partial charge in [0.1, 0.15) is 40.4 Å². The molecule has 714 valence electrons. The average molecular weight is 1890 g/mol. The van der Waals surface area contributed by atoms with Gasteiger partial charge in [-0.3, -0.25) is 72.4 Å². The minimum absolute atomic E-state index is 0.194. The molecule has 6 heterocycles. The van der Waals surface area contributed by atoms with Crippen LogP contribution in [-0.2, 0) is 47.9 Å². The second kappa shape index (κ2) is 49.8. The molecule has 23 heteroatoms. The van der Waals surface area contributed by atoms with Crippen molar-refractivity contribution in [2.45, 2.75) is 141 Å². The SMILES string of the molecule is COc1cc(/C=C/C(=O)N2C(=O)C=CCC2c2ccsc2)cc(C)c1C.COc1cc(/C=C/C(=O)N2CCC=C(C#CC(C)(C)C)C2=O)cc(C)c1C.COc1cc(/C=C/C(=O)N2CCC=C(C#CC3CC3)C2=O)cc(C)c1C.COc1cc(/C=C/C(=O)N2CCC=C(C#Cc3ccc(F)cc3)C2=O)cc(C)c1C.COc1cc(/C=C/C(=O)N2CCC=C(C#Cc3ccccc3F)C2=O)cc(C)c1C. The third-order valence-electron chi connectivity index (χ3n) is 23.5. The first kappa shape index (κ1) is 106. The van der Waals surface area contributed by atoms with Crippen LogP contribution in [0.3, 0.4) is 0 Å². The molecule has 10 amide bonds. The van der Waals surface area contributed by atoms with Gasteiger partial charge < -0.3 is 23.7 Å². The number of imide groups is 5. The summed E-state index contributed by atoms with van der Waals surface area (Å²) in [6.07, 6.45) is 31.1. The van der Waals surface area contributed by atoms with Crippen molar-refractivity contribution >= 4 is 101 Å². The molecule has 139 heavy (non-hydrogen) atoms. The van der Waals surface area contributed by atoms with E-state index in [1.165, 1.54) is 74.3 Å². The molecule has 8 aromatic rings. The van der Waals surface area contributed by atoms with E-state index in [4.69, 9.17) is 23.7 Å². The summed E-state index contributed by atoms with van der Waals surface area (Å²) in [5, 5.41) is 3.94. The monoisotopic (exact) mass is 1890 g/mol. The van der Waals surface area contributed by atoms with E-state index in [2.05, 4.69) is 47.4 Å². The molecule has 1 atom stereocenters. The van der Waals surface area contributed by atoms with Gasteiger partial charge in [0.15, 0.2) is 0 Å². The summed E-state index contributed by atoms with van der Waals surface area (Å²) >= 11 is 1.56. The number of benzene rings is 7. The third-order valence-corrected chi connectivity index (χ3v) is 24.2. The van der Waals surface area contributed by atoms with Crippen LogP contribution in [-0.4, -0.2) is 145 Å². The lowest BCUT2D eigenvalue weighted by Crippen LogP contribution is -2.39. The van der Waals surface area contributed by atoms with Gasteiger partial charge in [0.05, 0.1) is 69.4 Å². The van der Waals surface area contributed by atoms with Crippen LogP contribution >= 0.6 is 11.3 Å². The second-order valence-corrected chi connectivity index (χ2v) is 35.4. The number of carbonyl (C=O) groups excluding carboxylic acids is 10. The maximum atomic E-state index is 13.7. The van der Waals surface area contributed by atoms with Gasteiger partial charge in [-0.2, -0.15) is 11.3 Å². The fourth-order valence-corrected chi connectivity index (χ4v) is 15.4. The molecule has 0 bridgehead atoms. The molecule has 0 spiro atoms. The van der Waals surface area contributed by atoms with Crippen LogP contribution < -0.4 is 23.7 Å². The molecular weight excluding hydrogens is 1770 g/mol. The Balaban J connectivity index is 0.000000179. The summed E-state index contributed by atoms with van der Waals surface area (Å²) in [5.74, 6) is 22.9. The molecule has 1 unspecified atom stereocenters. The smallest absolute Gasteiger partial charge is 0.268 e. The number of methoxy groups -OCH3 is 5. The maximum Gasteiger partial charge on any atom is 0.268 e. The average Bonchev–Trinajstić information content (AvgIpc) is 1.74. The predicted octanol–water partition coefficient (Wildman–Crippen LogP) is 20.3. The molecular formula is C116H115F2N5O15S. The Kier molecular flexibility index (Phi) is 37.8. The van der Waals surface area contributed by atoms with Crippen molar-refractivity contribution in [3.05, 3.63) is 327 Å². The zero-order valence-electron chi connectivity index (χ0n) is 81.8. The summed E-state index contributed by atoms with van der Waals surface area (Å²) < 4.78 is 53.6. The summed E-state index contributed by atoms with van der Waals surface area (Å²) in [5.41, 5.74) is 17.8. The van der Waals surface area contributed by atoms with Crippen molar-refractivity contribution in [3.63, 3.8) is 0 Å². The molecule has 5 aliphatic heterocycles. The Morgan fingerprint density at radius 3 is 1.08 bits per heavy atom. The van der Waals surface area contributed by atoms with Crippen molar-refractivity contribution in [1.82, 2.24) is 24.5 Å². The lowest BCUT2D eigenvalue weighted by atomic mass is 9.97. The molecule has 6 aliphatic rings. The van der Waals surface area contributed by atoms with E-state index >= 15 is 0 Å². The quantitative estimate of drug-likeness (QED) is 0.0646. The lowest BCUT2D eigenvalue weighted by Gasteiger charge is -2.30. The van der Waals surface area contributed by atoms with Gasteiger partial charge in [0.2, 0.25) is 0 Å². The van der Waals surface area contributed by atoms with Gasteiger partial charge >= 0.3 is 0 Å². The summed E-state index contributed by atoms with van der Waals surface area (Å²) in [6, 6.07) is 32.7. The number of hydrogen-bond donors (Lipinski definition) is 0. The van der Waals surface area contributed by atoms with Gasteiger partial charge in [0.25, 0.3) is 59.1 Å². The van der Waals surface area contributed by atoms with Crippen LogP contribution in [0.2, 0.25) is 0 Å². The number of ether oxygens (including phenoxy) is 5. The molecule has 1 fully saturated rings. The maximum absolute atomic E-state index is 13.7. The predicted molar refractivity (Wildman–Crippen MR) is 542 cm³/mol. The van der Waals surface area contributed by atoms with E-state index in [1.807, 2.05) is 186 Å². The Bertz CT molecular complexity index is 6690. The molecule has 1 aliphatic carbocycles. The van der Waals surface area contributed by atoms with E-state index in [9.17, 15) is 56.7 Å². The minimum Gasteiger partial charge on any atom is -0.496 e. The number of nitrogens with zero attached hydrogens (tertiary/aromatic N) is 5. The van der Waals surface area contributed by atoms with Crippen molar-refractivity contribution in [3.8, 4) is 76.1 Å². The zero-order chi connectivity index (χ0) is 101. The summed E-state index contributed by atoms with van der Waals surface area (Å²) in [4.78, 5) is 132. The zero-order valence-corrected chi connectivity index (χ0v) is 82.6. The van der Waals surface area contributed by atoms with Crippen molar-refractivity contribution < 1.29 is 80.4 Å². The third kappa shape index (κ3) is 29.5. The lowest BCUT2D eigenvalue weighted by molar-refractivity contribution is -0.143. The van der Waals surface area contributed by atoms with Gasteiger partial charge in [-0.05, 0) is 344 Å². The molecule has 1 aromatic heterocycles. The summed E-state index contributed by atoms with van der Waals surface area (Å²) in [6.45, 7) is 27.2. The number of hydrogen-bond acceptors (Lipinski definition) is 16. The number of aryl methyl sites for hydroxylation is 5. The minimum atomic E-state index is -0.475. The van der Waals surface area contributed by atoms with Gasteiger partial charge in [-0.1, -0.05) is 120 Å². The number of thiophene rings is 1. The van der Waals surface area contributed by atoms with Crippen molar-refractivity contribution in [2.75, 3.05) is 61.7 Å². The normalized spacial score (nSPS) is 15.1. The highest BCUT2D eigenvalue weighted by atomic mass is 32.1. The van der Waals surface area contributed by atoms with Crippen molar-refractivity contribution in [2.24, 2.45) is 11.3 Å².